The number of anilines is 2. The molecule has 3 aromatic rings. The molecule has 0 atom stereocenters. The SMILES string of the molecule is Cc1c(-c2ccccc2)ccc(N(c2ccccc2)S(C)(=O)=O)c1C(=O)OC(C)(C)C. The number of carbonyl (C=O) groups is 1. The van der Waals surface area contributed by atoms with Gasteiger partial charge in [-0.05, 0) is 62.6 Å². The van der Waals surface area contributed by atoms with Crippen molar-refractivity contribution < 1.29 is 17.9 Å². The van der Waals surface area contributed by atoms with Gasteiger partial charge in [-0.3, -0.25) is 0 Å². The quantitative estimate of drug-likeness (QED) is 0.479. The van der Waals surface area contributed by atoms with Gasteiger partial charge in [0.25, 0.3) is 0 Å². The minimum Gasteiger partial charge on any atom is -0.456 e. The number of hydrogen-bond acceptors (Lipinski definition) is 4. The lowest BCUT2D eigenvalue weighted by Crippen LogP contribution is -2.29. The molecule has 6 heteroatoms. The van der Waals surface area contributed by atoms with Gasteiger partial charge in [0, 0.05) is 0 Å². The van der Waals surface area contributed by atoms with E-state index in [-0.39, 0.29) is 11.3 Å². The van der Waals surface area contributed by atoms with Crippen molar-refractivity contribution in [1.29, 1.82) is 0 Å². The molecule has 0 bridgehead atoms. The van der Waals surface area contributed by atoms with Gasteiger partial charge >= 0.3 is 5.97 Å². The second-order valence-electron chi connectivity index (χ2n) is 8.36. The molecular formula is C25H27NO4S. The van der Waals surface area contributed by atoms with Crippen molar-refractivity contribution in [3.8, 4) is 11.1 Å². The Morgan fingerprint density at radius 1 is 0.871 bits per heavy atom. The number of nitrogens with zero attached hydrogens (tertiary/aromatic N) is 1. The monoisotopic (exact) mass is 437 g/mol. The number of rotatable bonds is 5. The summed E-state index contributed by atoms with van der Waals surface area (Å²) in [4.78, 5) is 13.3. The zero-order chi connectivity index (χ0) is 22.8. The zero-order valence-corrected chi connectivity index (χ0v) is 19.2. The van der Waals surface area contributed by atoms with Crippen LogP contribution in [0.25, 0.3) is 11.1 Å². The van der Waals surface area contributed by atoms with Crippen LogP contribution in [0, 0.1) is 6.92 Å². The summed E-state index contributed by atoms with van der Waals surface area (Å²) in [5, 5.41) is 0. The van der Waals surface area contributed by atoms with Gasteiger partial charge in [-0.15, -0.1) is 0 Å². The van der Waals surface area contributed by atoms with E-state index in [1.54, 1.807) is 51.1 Å². The lowest BCUT2D eigenvalue weighted by Gasteiger charge is -2.28. The van der Waals surface area contributed by atoms with E-state index < -0.39 is 21.6 Å². The molecule has 3 aromatic carbocycles. The van der Waals surface area contributed by atoms with E-state index in [0.29, 0.717) is 11.3 Å². The fourth-order valence-corrected chi connectivity index (χ4v) is 4.47. The van der Waals surface area contributed by atoms with Crippen molar-refractivity contribution in [2.45, 2.75) is 33.3 Å². The largest absolute Gasteiger partial charge is 0.456 e. The molecule has 0 aromatic heterocycles. The zero-order valence-electron chi connectivity index (χ0n) is 18.4. The van der Waals surface area contributed by atoms with Gasteiger partial charge in [0.1, 0.15) is 5.60 Å². The van der Waals surface area contributed by atoms with E-state index in [1.165, 1.54) is 4.31 Å². The molecule has 0 saturated carbocycles. The molecule has 0 heterocycles. The summed E-state index contributed by atoms with van der Waals surface area (Å²) in [7, 11) is -3.74. The summed E-state index contributed by atoms with van der Waals surface area (Å²) in [6, 6.07) is 21.9. The molecule has 0 amide bonds. The second kappa shape index (κ2) is 8.55. The molecular weight excluding hydrogens is 410 g/mol. The summed E-state index contributed by atoms with van der Waals surface area (Å²) in [5.41, 5.74) is 2.63. The average molecular weight is 438 g/mol. The summed E-state index contributed by atoms with van der Waals surface area (Å²) in [6.45, 7) is 7.17. The third-order valence-electron chi connectivity index (χ3n) is 4.67. The Kier molecular flexibility index (Phi) is 6.23. The van der Waals surface area contributed by atoms with E-state index in [0.717, 1.165) is 17.4 Å². The van der Waals surface area contributed by atoms with Crippen LogP contribution in [0.5, 0.6) is 0 Å². The number of hydrogen-bond donors (Lipinski definition) is 0. The summed E-state index contributed by atoms with van der Waals surface area (Å²) >= 11 is 0. The molecule has 0 aliphatic carbocycles. The molecule has 0 fully saturated rings. The Morgan fingerprint density at radius 2 is 1.42 bits per heavy atom. The molecule has 0 aliphatic heterocycles. The van der Waals surface area contributed by atoms with Crippen molar-refractivity contribution in [2.24, 2.45) is 0 Å². The van der Waals surface area contributed by atoms with Crippen molar-refractivity contribution >= 4 is 27.4 Å². The maximum Gasteiger partial charge on any atom is 0.341 e. The molecule has 0 unspecified atom stereocenters. The van der Waals surface area contributed by atoms with Crippen LogP contribution in [0.3, 0.4) is 0 Å². The van der Waals surface area contributed by atoms with E-state index in [2.05, 4.69) is 0 Å². The first-order valence-electron chi connectivity index (χ1n) is 9.97. The smallest absolute Gasteiger partial charge is 0.341 e. The summed E-state index contributed by atoms with van der Waals surface area (Å²) < 4.78 is 32.5. The molecule has 0 N–H and O–H groups in total. The molecule has 5 nitrogen and oxygen atoms in total. The lowest BCUT2D eigenvalue weighted by molar-refractivity contribution is 0.00699. The highest BCUT2D eigenvalue weighted by Crippen LogP contribution is 2.38. The highest BCUT2D eigenvalue weighted by atomic mass is 32.2. The number of para-hydroxylation sites is 1. The summed E-state index contributed by atoms with van der Waals surface area (Å²) in [6.07, 6.45) is 1.12. The molecule has 0 saturated heterocycles. The highest BCUT2D eigenvalue weighted by molar-refractivity contribution is 7.92. The number of ether oxygens (including phenoxy) is 1. The second-order valence-corrected chi connectivity index (χ2v) is 10.2. The maximum absolute atomic E-state index is 13.3. The Bertz CT molecular complexity index is 1180. The molecule has 0 radical (unpaired) electrons. The van der Waals surface area contributed by atoms with E-state index >= 15 is 0 Å². The van der Waals surface area contributed by atoms with Crippen LogP contribution in [0.1, 0.15) is 36.7 Å². The predicted molar refractivity (Wildman–Crippen MR) is 125 cm³/mol. The molecule has 162 valence electrons. The third kappa shape index (κ3) is 5.14. The third-order valence-corrected chi connectivity index (χ3v) is 5.74. The first-order chi connectivity index (χ1) is 14.5. The molecule has 3 rings (SSSR count). The first-order valence-corrected chi connectivity index (χ1v) is 11.8. The van der Waals surface area contributed by atoms with E-state index in [1.807, 2.05) is 49.4 Å². The standard InChI is InChI=1S/C25H27NO4S/c1-18-21(19-12-8-6-9-13-19)16-17-22(23(18)24(27)30-25(2,3)4)26(31(5,28)29)20-14-10-7-11-15-20/h6-17H,1-5H3. The highest BCUT2D eigenvalue weighted by Gasteiger charge is 2.30. The predicted octanol–water partition coefficient (Wildman–Crippen LogP) is 5.72. The van der Waals surface area contributed by atoms with Gasteiger partial charge in [0.05, 0.1) is 23.2 Å². The summed E-state index contributed by atoms with van der Waals surface area (Å²) in [5.74, 6) is -0.567. The Hall–Kier alpha value is -3.12. The van der Waals surface area contributed by atoms with E-state index in [4.69, 9.17) is 4.74 Å². The van der Waals surface area contributed by atoms with Crippen LogP contribution in [0.15, 0.2) is 72.8 Å². The molecule has 0 spiro atoms. The van der Waals surface area contributed by atoms with Gasteiger partial charge in [0.2, 0.25) is 10.0 Å². The van der Waals surface area contributed by atoms with Gasteiger partial charge in [-0.25, -0.2) is 17.5 Å². The van der Waals surface area contributed by atoms with Gasteiger partial charge in [0.15, 0.2) is 0 Å². The van der Waals surface area contributed by atoms with Crippen LogP contribution in [-0.4, -0.2) is 26.2 Å². The van der Waals surface area contributed by atoms with Crippen molar-refractivity contribution in [1.82, 2.24) is 0 Å². The van der Waals surface area contributed by atoms with Gasteiger partial charge in [-0.2, -0.15) is 0 Å². The maximum atomic E-state index is 13.3. The minimum absolute atomic E-state index is 0.227. The normalized spacial score (nSPS) is 11.8. The van der Waals surface area contributed by atoms with Crippen LogP contribution in [0.2, 0.25) is 0 Å². The Morgan fingerprint density at radius 3 is 1.94 bits per heavy atom. The fraction of sp³-hybridized carbons (Fsp3) is 0.240. The van der Waals surface area contributed by atoms with Crippen LogP contribution < -0.4 is 4.31 Å². The van der Waals surface area contributed by atoms with Crippen molar-refractivity contribution in [2.75, 3.05) is 10.6 Å². The van der Waals surface area contributed by atoms with Gasteiger partial charge < -0.3 is 4.74 Å². The lowest BCUT2D eigenvalue weighted by atomic mass is 9.94. The number of benzene rings is 3. The van der Waals surface area contributed by atoms with Gasteiger partial charge in [-0.1, -0.05) is 54.6 Å². The van der Waals surface area contributed by atoms with Crippen LogP contribution in [-0.2, 0) is 14.8 Å². The number of esters is 1. The van der Waals surface area contributed by atoms with E-state index in [9.17, 15) is 13.2 Å². The van der Waals surface area contributed by atoms with Crippen molar-refractivity contribution in [3.05, 3.63) is 83.9 Å². The molecule has 0 aliphatic rings. The van der Waals surface area contributed by atoms with Crippen LogP contribution in [0.4, 0.5) is 11.4 Å². The average Bonchev–Trinajstić information content (AvgIpc) is 2.67. The first kappa shape index (κ1) is 22.6. The van der Waals surface area contributed by atoms with Crippen LogP contribution >= 0.6 is 0 Å². The molecule has 31 heavy (non-hydrogen) atoms. The Balaban J connectivity index is 2.31. The Labute approximate surface area is 184 Å². The van der Waals surface area contributed by atoms with Crippen molar-refractivity contribution in [3.63, 3.8) is 0 Å². The number of sulfonamides is 1. The minimum atomic E-state index is -3.74. The topological polar surface area (TPSA) is 63.7 Å². The number of carbonyl (C=O) groups excluding carboxylic acids is 1. The fourth-order valence-electron chi connectivity index (χ4n) is 3.46.